The minimum atomic E-state index is -0.516. The first-order chi connectivity index (χ1) is 12.6. The fraction of sp³-hybridized carbons (Fsp3) is 0.211. The molecule has 0 amide bonds. The molecule has 0 saturated carbocycles. The van der Waals surface area contributed by atoms with Crippen molar-refractivity contribution >= 4 is 17.3 Å². The largest absolute Gasteiger partial charge is 0.302 e. The van der Waals surface area contributed by atoms with Crippen LogP contribution >= 0.6 is 0 Å². The van der Waals surface area contributed by atoms with Gasteiger partial charge in [-0.3, -0.25) is 19.7 Å². The number of hydrogen-bond acceptors (Lipinski definition) is 5. The molecule has 132 valence electrons. The summed E-state index contributed by atoms with van der Waals surface area (Å²) >= 11 is 0. The van der Waals surface area contributed by atoms with Crippen molar-refractivity contribution in [2.45, 2.75) is 26.7 Å². The molecular formula is C19H19N5O2. The summed E-state index contributed by atoms with van der Waals surface area (Å²) in [5, 5.41) is 11.1. The Kier molecular flexibility index (Phi) is 5.17. The van der Waals surface area contributed by atoms with E-state index in [4.69, 9.17) is 0 Å². The number of nitrogens with one attached hydrogen (secondary N) is 1. The predicted molar refractivity (Wildman–Crippen MR) is 98.4 cm³/mol. The van der Waals surface area contributed by atoms with E-state index in [9.17, 15) is 9.59 Å². The molecule has 0 radical (unpaired) electrons. The minimum Gasteiger partial charge on any atom is -0.290 e. The zero-order valence-corrected chi connectivity index (χ0v) is 14.6. The third-order valence-electron chi connectivity index (χ3n) is 3.85. The van der Waals surface area contributed by atoms with Crippen molar-refractivity contribution < 1.29 is 4.79 Å². The van der Waals surface area contributed by atoms with E-state index in [0.717, 1.165) is 16.7 Å². The highest BCUT2D eigenvalue weighted by Gasteiger charge is 2.19. The second kappa shape index (κ2) is 7.69. The zero-order valence-electron chi connectivity index (χ0n) is 14.6. The van der Waals surface area contributed by atoms with Gasteiger partial charge >= 0.3 is 5.56 Å². The van der Waals surface area contributed by atoms with Crippen LogP contribution < -0.4 is 5.56 Å². The molecule has 0 aliphatic carbocycles. The van der Waals surface area contributed by atoms with Crippen molar-refractivity contribution in [3.8, 4) is 0 Å². The van der Waals surface area contributed by atoms with Gasteiger partial charge < -0.3 is 0 Å². The Morgan fingerprint density at radius 3 is 2.62 bits per heavy atom. The van der Waals surface area contributed by atoms with Crippen LogP contribution in [0.4, 0.5) is 11.4 Å². The summed E-state index contributed by atoms with van der Waals surface area (Å²) in [6.45, 7) is 3.97. The molecule has 2 heterocycles. The topological polar surface area (TPSA) is 92.5 Å². The predicted octanol–water partition coefficient (Wildman–Crippen LogP) is 3.94. The summed E-state index contributed by atoms with van der Waals surface area (Å²) in [6.07, 6.45) is 4.37. The molecule has 0 spiro atoms. The van der Waals surface area contributed by atoms with Gasteiger partial charge in [0.1, 0.15) is 0 Å². The molecule has 0 atom stereocenters. The van der Waals surface area contributed by atoms with Gasteiger partial charge in [0.25, 0.3) is 5.91 Å². The minimum absolute atomic E-state index is 0.157. The SMILES string of the molecule is CCCc1[nH]n(C(=O)c2cccnc2)c(=O)c1N=Nc1ccc(C)cc1. The Morgan fingerprint density at radius 1 is 1.19 bits per heavy atom. The third kappa shape index (κ3) is 3.66. The summed E-state index contributed by atoms with van der Waals surface area (Å²) in [7, 11) is 0. The van der Waals surface area contributed by atoms with Gasteiger partial charge in [-0.1, -0.05) is 31.0 Å². The van der Waals surface area contributed by atoms with Gasteiger partial charge in [-0.05, 0) is 37.6 Å². The molecule has 7 heteroatoms. The maximum absolute atomic E-state index is 12.7. The maximum atomic E-state index is 12.7. The lowest BCUT2D eigenvalue weighted by atomic mass is 10.2. The number of carbonyl (C=O) groups excluding carboxylic acids is 1. The first kappa shape index (κ1) is 17.5. The van der Waals surface area contributed by atoms with Gasteiger partial charge in [0.15, 0.2) is 5.69 Å². The summed E-state index contributed by atoms with van der Waals surface area (Å²) in [5.41, 5.74) is 2.31. The fourth-order valence-corrected chi connectivity index (χ4v) is 2.48. The van der Waals surface area contributed by atoms with Gasteiger partial charge in [0.2, 0.25) is 0 Å². The van der Waals surface area contributed by atoms with Crippen LogP contribution in [0.2, 0.25) is 0 Å². The first-order valence-electron chi connectivity index (χ1n) is 8.37. The summed E-state index contributed by atoms with van der Waals surface area (Å²) in [5.74, 6) is -0.475. The lowest BCUT2D eigenvalue weighted by Crippen LogP contribution is -2.25. The van der Waals surface area contributed by atoms with Crippen LogP contribution in [0.5, 0.6) is 0 Å². The average molecular weight is 349 g/mol. The van der Waals surface area contributed by atoms with Crippen molar-refractivity contribution in [3.63, 3.8) is 0 Å². The Balaban J connectivity index is 1.99. The van der Waals surface area contributed by atoms with Crippen molar-refractivity contribution in [2.75, 3.05) is 0 Å². The van der Waals surface area contributed by atoms with Crippen LogP contribution in [0.15, 0.2) is 63.8 Å². The lowest BCUT2D eigenvalue weighted by Gasteiger charge is -1.99. The normalized spacial score (nSPS) is 11.2. The molecule has 7 nitrogen and oxygen atoms in total. The number of aromatic amines is 1. The molecule has 0 saturated heterocycles. The van der Waals surface area contributed by atoms with Crippen LogP contribution in [0.1, 0.15) is 35.0 Å². The van der Waals surface area contributed by atoms with Gasteiger partial charge in [-0.25, -0.2) is 0 Å². The van der Waals surface area contributed by atoms with E-state index < -0.39 is 11.5 Å². The van der Waals surface area contributed by atoms with Crippen molar-refractivity contribution in [1.82, 2.24) is 14.8 Å². The number of benzene rings is 1. The number of aromatic nitrogens is 3. The van der Waals surface area contributed by atoms with E-state index in [0.29, 0.717) is 23.4 Å². The quantitative estimate of drug-likeness (QED) is 0.707. The van der Waals surface area contributed by atoms with E-state index in [1.54, 1.807) is 18.3 Å². The number of rotatable bonds is 5. The van der Waals surface area contributed by atoms with Crippen LogP contribution in [0.25, 0.3) is 0 Å². The second-order valence-electron chi connectivity index (χ2n) is 5.91. The van der Waals surface area contributed by atoms with Gasteiger partial charge in [0.05, 0.1) is 16.9 Å². The van der Waals surface area contributed by atoms with Crippen molar-refractivity contribution in [1.29, 1.82) is 0 Å². The molecule has 2 aromatic heterocycles. The van der Waals surface area contributed by atoms with Crippen LogP contribution in [0.3, 0.4) is 0 Å². The van der Waals surface area contributed by atoms with Gasteiger partial charge in [-0.2, -0.15) is 9.80 Å². The summed E-state index contributed by atoms with van der Waals surface area (Å²) in [4.78, 5) is 29.2. The Labute approximate surface area is 150 Å². The molecule has 0 aliphatic heterocycles. The molecule has 0 aliphatic rings. The number of aryl methyl sites for hydroxylation is 2. The molecular weight excluding hydrogens is 330 g/mol. The van der Waals surface area contributed by atoms with E-state index in [1.807, 2.05) is 38.1 Å². The van der Waals surface area contributed by atoms with E-state index >= 15 is 0 Å². The highest BCUT2D eigenvalue weighted by Crippen LogP contribution is 2.20. The van der Waals surface area contributed by atoms with Crippen LogP contribution in [-0.2, 0) is 6.42 Å². The Morgan fingerprint density at radius 2 is 1.96 bits per heavy atom. The Hall–Kier alpha value is -3.35. The highest BCUT2D eigenvalue weighted by molar-refractivity contribution is 5.95. The number of hydrogen-bond donors (Lipinski definition) is 1. The van der Waals surface area contributed by atoms with Crippen molar-refractivity contribution in [3.05, 3.63) is 76.0 Å². The molecule has 0 fully saturated rings. The second-order valence-corrected chi connectivity index (χ2v) is 5.91. The van der Waals surface area contributed by atoms with Crippen LogP contribution in [-0.4, -0.2) is 20.7 Å². The smallest absolute Gasteiger partial charge is 0.290 e. The standard InChI is InChI=1S/C19H19N5O2/c1-3-5-16-17(22-21-15-9-7-13(2)8-10-15)19(26)24(23-16)18(25)14-6-4-11-20-12-14/h4,6-12,23H,3,5H2,1-2H3. The number of H-pyrrole nitrogens is 1. The molecule has 3 aromatic rings. The molecule has 0 unspecified atom stereocenters. The monoisotopic (exact) mass is 349 g/mol. The van der Waals surface area contributed by atoms with Crippen LogP contribution in [0, 0.1) is 6.92 Å². The first-order valence-corrected chi connectivity index (χ1v) is 8.37. The summed E-state index contributed by atoms with van der Waals surface area (Å²) < 4.78 is 0.964. The number of azo groups is 1. The van der Waals surface area contributed by atoms with Crippen molar-refractivity contribution in [2.24, 2.45) is 10.2 Å². The number of pyridine rings is 1. The number of carbonyl (C=O) groups is 1. The molecule has 0 bridgehead atoms. The molecule has 3 rings (SSSR count). The Bertz CT molecular complexity index is 985. The fourth-order valence-electron chi connectivity index (χ4n) is 2.48. The van der Waals surface area contributed by atoms with Gasteiger partial charge in [0, 0.05) is 12.4 Å². The molecule has 1 N–H and O–H groups in total. The molecule has 26 heavy (non-hydrogen) atoms. The van der Waals surface area contributed by atoms with E-state index in [-0.39, 0.29) is 5.69 Å². The maximum Gasteiger partial charge on any atom is 0.302 e. The van der Waals surface area contributed by atoms with E-state index in [2.05, 4.69) is 20.3 Å². The average Bonchev–Trinajstić information content (AvgIpc) is 2.97. The zero-order chi connectivity index (χ0) is 18.5. The van der Waals surface area contributed by atoms with Gasteiger partial charge in [-0.15, -0.1) is 5.11 Å². The third-order valence-corrected chi connectivity index (χ3v) is 3.85. The summed E-state index contributed by atoms with van der Waals surface area (Å²) in [6, 6.07) is 10.7. The lowest BCUT2D eigenvalue weighted by molar-refractivity contribution is 0.0940. The highest BCUT2D eigenvalue weighted by atomic mass is 16.2. The number of nitrogens with zero attached hydrogens (tertiary/aromatic N) is 4. The van der Waals surface area contributed by atoms with E-state index in [1.165, 1.54) is 6.20 Å². The molecule has 1 aromatic carbocycles.